The molecule has 0 aliphatic rings. The van der Waals surface area contributed by atoms with E-state index in [1.807, 2.05) is 60.7 Å². The molecule has 0 aliphatic heterocycles. The van der Waals surface area contributed by atoms with E-state index >= 15 is 0 Å². The quantitative estimate of drug-likeness (QED) is 0.846. The van der Waals surface area contributed by atoms with Crippen LogP contribution in [0, 0.1) is 0 Å². The largest absolute Gasteiger partial charge is 0.443 e. The fourth-order valence-electron chi connectivity index (χ4n) is 1.71. The van der Waals surface area contributed by atoms with Gasteiger partial charge in [-0.05, 0) is 11.1 Å². The van der Waals surface area contributed by atoms with Crippen LogP contribution in [0.1, 0.15) is 11.1 Å². The van der Waals surface area contributed by atoms with E-state index in [4.69, 9.17) is 4.74 Å². The number of hydrazine groups is 1. The van der Waals surface area contributed by atoms with E-state index in [1.54, 1.807) is 0 Å². The van der Waals surface area contributed by atoms with E-state index in [2.05, 4.69) is 10.9 Å². The second-order valence-electron chi connectivity index (χ2n) is 4.40. The van der Waals surface area contributed by atoms with Crippen LogP contribution in [-0.4, -0.2) is 12.0 Å². The Balaban J connectivity index is 1.68. The van der Waals surface area contributed by atoms with E-state index < -0.39 is 6.09 Å². The van der Waals surface area contributed by atoms with Crippen LogP contribution in [0.3, 0.4) is 0 Å². The Hall–Kier alpha value is -2.82. The van der Waals surface area contributed by atoms with Crippen LogP contribution in [0.2, 0.25) is 0 Å². The summed E-state index contributed by atoms with van der Waals surface area (Å²) in [6, 6.07) is 18.6. The van der Waals surface area contributed by atoms with Crippen LogP contribution < -0.4 is 10.9 Å². The fourth-order valence-corrected chi connectivity index (χ4v) is 1.71. The minimum absolute atomic E-state index is 0.154. The molecule has 108 valence electrons. The molecule has 0 saturated heterocycles. The molecule has 0 saturated carbocycles. The summed E-state index contributed by atoms with van der Waals surface area (Å²) in [6.45, 7) is 0.154. The zero-order valence-electron chi connectivity index (χ0n) is 11.4. The van der Waals surface area contributed by atoms with Gasteiger partial charge in [0, 0.05) is 0 Å². The number of carbonyl (C=O) groups excluding carboxylic acids is 2. The van der Waals surface area contributed by atoms with Crippen molar-refractivity contribution in [3.63, 3.8) is 0 Å². The lowest BCUT2D eigenvalue weighted by Crippen LogP contribution is -2.42. The molecular weight excluding hydrogens is 268 g/mol. The zero-order valence-corrected chi connectivity index (χ0v) is 11.4. The number of rotatable bonds is 4. The molecule has 2 aromatic rings. The van der Waals surface area contributed by atoms with Gasteiger partial charge in [0.2, 0.25) is 5.91 Å². The van der Waals surface area contributed by atoms with Crippen molar-refractivity contribution < 1.29 is 14.3 Å². The molecule has 21 heavy (non-hydrogen) atoms. The first-order valence-electron chi connectivity index (χ1n) is 6.53. The Morgan fingerprint density at radius 1 is 0.810 bits per heavy atom. The average Bonchev–Trinajstić information content (AvgIpc) is 2.53. The number of hydrogen-bond donors (Lipinski definition) is 2. The molecular formula is C16H16N2O3. The van der Waals surface area contributed by atoms with Gasteiger partial charge in [0.25, 0.3) is 0 Å². The predicted octanol–water partition coefficient (Wildman–Crippen LogP) is 2.19. The topological polar surface area (TPSA) is 67.4 Å². The molecule has 0 aromatic heterocycles. The predicted molar refractivity (Wildman–Crippen MR) is 78.1 cm³/mol. The highest BCUT2D eigenvalue weighted by molar-refractivity contribution is 5.80. The molecule has 2 N–H and O–H groups in total. The molecule has 0 atom stereocenters. The molecule has 0 heterocycles. The standard InChI is InChI=1S/C16H16N2O3/c19-15(11-13-7-3-1-4-8-13)17-18-16(20)21-12-14-9-5-2-6-10-14/h1-10H,11-12H2,(H,17,19)(H,18,20). The van der Waals surface area contributed by atoms with Crippen molar-refractivity contribution in [2.75, 3.05) is 0 Å². The van der Waals surface area contributed by atoms with Crippen LogP contribution >= 0.6 is 0 Å². The summed E-state index contributed by atoms with van der Waals surface area (Å²) >= 11 is 0. The first-order valence-corrected chi connectivity index (χ1v) is 6.53. The number of amides is 2. The normalized spacial score (nSPS) is 9.71. The lowest BCUT2D eigenvalue weighted by Gasteiger charge is -2.08. The summed E-state index contributed by atoms with van der Waals surface area (Å²) in [6.07, 6.45) is -0.500. The van der Waals surface area contributed by atoms with Crippen molar-refractivity contribution in [2.24, 2.45) is 0 Å². The molecule has 0 fully saturated rings. The summed E-state index contributed by atoms with van der Waals surface area (Å²) in [5, 5.41) is 0. The molecule has 0 unspecified atom stereocenters. The van der Waals surface area contributed by atoms with Crippen molar-refractivity contribution in [1.82, 2.24) is 10.9 Å². The monoisotopic (exact) mass is 284 g/mol. The Bertz CT molecular complexity index is 585. The Kier molecular flexibility index (Phi) is 5.34. The smallest absolute Gasteiger partial charge is 0.426 e. The fraction of sp³-hybridized carbons (Fsp3) is 0.125. The maximum Gasteiger partial charge on any atom is 0.426 e. The summed E-state index contributed by atoms with van der Waals surface area (Å²) in [7, 11) is 0. The number of benzene rings is 2. The number of carbonyl (C=O) groups is 2. The summed E-state index contributed by atoms with van der Waals surface area (Å²) in [4.78, 5) is 23.0. The minimum atomic E-state index is -0.694. The molecule has 5 nitrogen and oxygen atoms in total. The summed E-state index contributed by atoms with van der Waals surface area (Å²) in [5.41, 5.74) is 6.26. The third-order valence-corrected chi connectivity index (χ3v) is 2.72. The molecule has 2 aromatic carbocycles. The van der Waals surface area contributed by atoms with Gasteiger partial charge in [0.15, 0.2) is 0 Å². The Morgan fingerprint density at radius 2 is 1.38 bits per heavy atom. The van der Waals surface area contributed by atoms with Crippen molar-refractivity contribution in [2.45, 2.75) is 13.0 Å². The second kappa shape index (κ2) is 7.69. The van der Waals surface area contributed by atoms with Gasteiger partial charge >= 0.3 is 6.09 Å². The minimum Gasteiger partial charge on any atom is -0.443 e. The molecule has 0 spiro atoms. The summed E-state index contributed by atoms with van der Waals surface area (Å²) < 4.78 is 4.96. The van der Waals surface area contributed by atoms with Crippen molar-refractivity contribution in [3.05, 3.63) is 71.8 Å². The van der Waals surface area contributed by atoms with Gasteiger partial charge in [-0.15, -0.1) is 0 Å². The van der Waals surface area contributed by atoms with E-state index in [9.17, 15) is 9.59 Å². The maximum atomic E-state index is 11.6. The van der Waals surface area contributed by atoms with E-state index in [1.165, 1.54) is 0 Å². The molecule has 0 bridgehead atoms. The van der Waals surface area contributed by atoms with Gasteiger partial charge in [-0.25, -0.2) is 10.2 Å². The Morgan fingerprint density at radius 3 is 2.00 bits per heavy atom. The maximum absolute atomic E-state index is 11.6. The third kappa shape index (κ3) is 5.36. The van der Waals surface area contributed by atoms with Crippen LogP contribution in [0.25, 0.3) is 0 Å². The first-order chi connectivity index (χ1) is 10.2. The van der Waals surface area contributed by atoms with Gasteiger partial charge in [-0.2, -0.15) is 0 Å². The van der Waals surface area contributed by atoms with E-state index in [0.29, 0.717) is 0 Å². The lowest BCUT2D eigenvalue weighted by atomic mass is 10.1. The number of nitrogens with one attached hydrogen (secondary N) is 2. The number of hydrogen-bond acceptors (Lipinski definition) is 3. The second-order valence-corrected chi connectivity index (χ2v) is 4.40. The SMILES string of the molecule is O=C(Cc1ccccc1)NNC(=O)OCc1ccccc1. The molecule has 0 radical (unpaired) electrons. The highest BCUT2D eigenvalue weighted by Crippen LogP contribution is 2.00. The molecule has 2 amide bonds. The molecule has 5 heteroatoms. The van der Waals surface area contributed by atoms with E-state index in [0.717, 1.165) is 11.1 Å². The first kappa shape index (κ1) is 14.6. The lowest BCUT2D eigenvalue weighted by molar-refractivity contribution is -0.121. The van der Waals surface area contributed by atoms with Crippen molar-refractivity contribution >= 4 is 12.0 Å². The zero-order chi connectivity index (χ0) is 14.9. The van der Waals surface area contributed by atoms with Crippen LogP contribution in [0.15, 0.2) is 60.7 Å². The van der Waals surface area contributed by atoms with Crippen molar-refractivity contribution in [1.29, 1.82) is 0 Å². The number of ether oxygens (including phenoxy) is 1. The van der Waals surface area contributed by atoms with E-state index in [-0.39, 0.29) is 18.9 Å². The average molecular weight is 284 g/mol. The third-order valence-electron chi connectivity index (χ3n) is 2.72. The van der Waals surface area contributed by atoms with Gasteiger partial charge in [0.1, 0.15) is 6.61 Å². The molecule has 2 rings (SSSR count). The highest BCUT2D eigenvalue weighted by Gasteiger charge is 2.06. The van der Waals surface area contributed by atoms with Gasteiger partial charge in [-0.1, -0.05) is 60.7 Å². The van der Waals surface area contributed by atoms with Crippen molar-refractivity contribution in [3.8, 4) is 0 Å². The molecule has 0 aliphatic carbocycles. The van der Waals surface area contributed by atoms with Gasteiger partial charge < -0.3 is 4.74 Å². The Labute approximate surface area is 122 Å². The van der Waals surface area contributed by atoms with Crippen LogP contribution in [0.4, 0.5) is 4.79 Å². The van der Waals surface area contributed by atoms with Gasteiger partial charge in [-0.3, -0.25) is 10.2 Å². The van der Waals surface area contributed by atoms with Crippen LogP contribution in [-0.2, 0) is 22.6 Å². The summed E-state index contributed by atoms with van der Waals surface area (Å²) in [5.74, 6) is -0.308. The van der Waals surface area contributed by atoms with Crippen LogP contribution in [0.5, 0.6) is 0 Å². The van der Waals surface area contributed by atoms with Gasteiger partial charge in [0.05, 0.1) is 6.42 Å². The highest BCUT2D eigenvalue weighted by atomic mass is 16.6.